The molecule has 2 aromatic carbocycles. The minimum Gasteiger partial charge on any atom is -0.497 e. The fraction of sp³-hybridized carbons (Fsp3) is 0.318. The van der Waals surface area contributed by atoms with Gasteiger partial charge in [0.1, 0.15) is 11.5 Å². The van der Waals surface area contributed by atoms with E-state index in [1.165, 1.54) is 11.8 Å². The third-order valence-corrected chi connectivity index (χ3v) is 6.09. The molecule has 0 aromatic heterocycles. The van der Waals surface area contributed by atoms with E-state index in [0.29, 0.717) is 23.2 Å². The molecule has 29 heavy (non-hydrogen) atoms. The normalized spacial score (nSPS) is 18.1. The van der Waals surface area contributed by atoms with Gasteiger partial charge in [-0.1, -0.05) is 43.0 Å². The van der Waals surface area contributed by atoms with Crippen LogP contribution in [0.3, 0.4) is 0 Å². The number of amidine groups is 1. The maximum atomic E-state index is 12.8. The summed E-state index contributed by atoms with van der Waals surface area (Å²) in [4.78, 5) is 14.5. The lowest BCUT2D eigenvalue weighted by atomic mass is 10.1. The highest BCUT2D eigenvalue weighted by atomic mass is 32.2. The Hall–Kier alpha value is -2.80. The second-order valence-corrected chi connectivity index (χ2v) is 7.77. The van der Waals surface area contributed by atoms with Gasteiger partial charge in [0.25, 0.3) is 0 Å². The molecule has 1 atom stereocenters. The molecule has 2 aromatic rings. The highest BCUT2D eigenvalue weighted by molar-refractivity contribution is 8.15. The van der Waals surface area contributed by atoms with E-state index >= 15 is 0 Å². The summed E-state index contributed by atoms with van der Waals surface area (Å²) in [7, 11) is 3.20. The zero-order chi connectivity index (χ0) is 20.8. The highest BCUT2D eigenvalue weighted by Gasteiger charge is 2.37. The Kier molecular flexibility index (Phi) is 6.93. The van der Waals surface area contributed by atoms with Crippen LogP contribution in [0.2, 0.25) is 0 Å². The van der Waals surface area contributed by atoms with Crippen molar-refractivity contribution in [3.8, 4) is 11.5 Å². The second kappa shape index (κ2) is 9.60. The molecule has 7 heteroatoms. The Bertz CT molecular complexity index is 943. The summed E-state index contributed by atoms with van der Waals surface area (Å²) >= 11 is 1.46. The van der Waals surface area contributed by atoms with Crippen LogP contribution >= 0.6 is 11.8 Å². The topological polar surface area (TPSA) is 63.5 Å². The third-order valence-electron chi connectivity index (χ3n) is 4.76. The van der Waals surface area contributed by atoms with Crippen molar-refractivity contribution in [3.63, 3.8) is 0 Å². The number of nitrogens with zero attached hydrogens (tertiary/aromatic N) is 3. The van der Waals surface area contributed by atoms with Gasteiger partial charge in [-0.15, -0.1) is 5.10 Å². The van der Waals surface area contributed by atoms with E-state index in [1.54, 1.807) is 31.4 Å². The Morgan fingerprint density at radius 2 is 1.97 bits per heavy atom. The Labute approximate surface area is 175 Å². The van der Waals surface area contributed by atoms with Crippen molar-refractivity contribution in [2.75, 3.05) is 14.2 Å². The standard InChI is InChI=1S/C22H25N3O3S/c1-5-20-21(26)25(14-17-9-7-6-8-15(17)2)22(29-20)24-23-13-16-10-11-18(27-3)12-19(16)28-4/h6-13,20H,5,14H2,1-4H3. The molecule has 0 aliphatic carbocycles. The number of hydrogen-bond acceptors (Lipinski definition) is 6. The predicted octanol–water partition coefficient (Wildman–Crippen LogP) is 4.26. The largest absolute Gasteiger partial charge is 0.497 e. The minimum atomic E-state index is -0.122. The number of carbonyl (C=O) groups is 1. The first-order chi connectivity index (χ1) is 14.1. The highest BCUT2D eigenvalue weighted by Crippen LogP contribution is 2.31. The number of ether oxygens (including phenoxy) is 2. The maximum Gasteiger partial charge on any atom is 0.242 e. The summed E-state index contributed by atoms with van der Waals surface area (Å²) in [6.45, 7) is 4.55. The average molecular weight is 412 g/mol. The van der Waals surface area contributed by atoms with Crippen LogP contribution in [0.5, 0.6) is 11.5 Å². The molecule has 0 N–H and O–H groups in total. The molecule has 1 aliphatic heterocycles. The van der Waals surface area contributed by atoms with Crippen LogP contribution in [0.15, 0.2) is 52.7 Å². The van der Waals surface area contributed by atoms with Gasteiger partial charge in [-0.05, 0) is 36.6 Å². The minimum absolute atomic E-state index is 0.0803. The summed E-state index contributed by atoms with van der Waals surface area (Å²) in [5.41, 5.74) is 3.03. The molecular weight excluding hydrogens is 386 g/mol. The molecule has 1 aliphatic rings. The van der Waals surface area contributed by atoms with Gasteiger partial charge in [-0.2, -0.15) is 5.10 Å². The molecule has 0 radical (unpaired) electrons. The molecular formula is C22H25N3O3S. The van der Waals surface area contributed by atoms with Gasteiger partial charge < -0.3 is 9.47 Å². The summed E-state index contributed by atoms with van der Waals surface area (Å²) in [6.07, 6.45) is 2.38. The van der Waals surface area contributed by atoms with Crippen LogP contribution in [0.4, 0.5) is 0 Å². The first-order valence-corrected chi connectivity index (χ1v) is 10.3. The van der Waals surface area contributed by atoms with Gasteiger partial charge in [0.15, 0.2) is 5.17 Å². The maximum absolute atomic E-state index is 12.8. The Morgan fingerprint density at radius 3 is 2.66 bits per heavy atom. The van der Waals surface area contributed by atoms with E-state index in [9.17, 15) is 4.79 Å². The van der Waals surface area contributed by atoms with Crippen LogP contribution in [0.25, 0.3) is 0 Å². The zero-order valence-electron chi connectivity index (χ0n) is 17.1. The molecule has 6 nitrogen and oxygen atoms in total. The van der Waals surface area contributed by atoms with E-state index in [4.69, 9.17) is 9.47 Å². The van der Waals surface area contributed by atoms with Crippen LogP contribution in [-0.4, -0.2) is 41.7 Å². The molecule has 1 unspecified atom stereocenters. The molecule has 0 saturated carbocycles. The Morgan fingerprint density at radius 1 is 1.17 bits per heavy atom. The van der Waals surface area contributed by atoms with Gasteiger partial charge in [0.05, 0.1) is 32.2 Å². The van der Waals surface area contributed by atoms with Gasteiger partial charge in [0, 0.05) is 11.6 Å². The van der Waals surface area contributed by atoms with Gasteiger partial charge in [0.2, 0.25) is 5.91 Å². The summed E-state index contributed by atoms with van der Waals surface area (Å²) < 4.78 is 10.6. The monoisotopic (exact) mass is 411 g/mol. The van der Waals surface area contributed by atoms with Crippen molar-refractivity contribution >= 4 is 29.1 Å². The lowest BCUT2D eigenvalue weighted by Crippen LogP contribution is -2.31. The SMILES string of the molecule is CCC1SC(=NN=Cc2ccc(OC)cc2OC)N(Cc2ccccc2C)C1=O. The lowest BCUT2D eigenvalue weighted by Gasteiger charge is -2.17. The van der Waals surface area contributed by atoms with Crippen molar-refractivity contribution in [3.05, 3.63) is 59.2 Å². The third kappa shape index (κ3) is 4.79. The van der Waals surface area contributed by atoms with Crippen LogP contribution < -0.4 is 9.47 Å². The van der Waals surface area contributed by atoms with Gasteiger partial charge in [-0.3, -0.25) is 9.69 Å². The summed E-state index contributed by atoms with van der Waals surface area (Å²) in [6, 6.07) is 13.5. The van der Waals surface area contributed by atoms with Crippen molar-refractivity contribution in [2.24, 2.45) is 10.2 Å². The first kappa shape index (κ1) is 20.9. The number of rotatable bonds is 7. The first-order valence-electron chi connectivity index (χ1n) is 9.43. The molecule has 3 rings (SSSR count). The van der Waals surface area contributed by atoms with E-state index < -0.39 is 0 Å². The molecule has 1 saturated heterocycles. The van der Waals surface area contributed by atoms with E-state index in [1.807, 2.05) is 50.2 Å². The molecule has 0 spiro atoms. The van der Waals surface area contributed by atoms with Crippen LogP contribution in [0, 0.1) is 6.92 Å². The van der Waals surface area contributed by atoms with Crippen LogP contribution in [-0.2, 0) is 11.3 Å². The van der Waals surface area contributed by atoms with Crippen molar-refractivity contribution in [2.45, 2.75) is 32.1 Å². The molecule has 152 valence electrons. The van der Waals surface area contributed by atoms with Gasteiger partial charge >= 0.3 is 0 Å². The fourth-order valence-electron chi connectivity index (χ4n) is 3.01. The number of carbonyl (C=O) groups excluding carboxylic acids is 1. The zero-order valence-corrected chi connectivity index (χ0v) is 17.9. The molecule has 1 fully saturated rings. The van der Waals surface area contributed by atoms with Crippen molar-refractivity contribution in [1.29, 1.82) is 0 Å². The molecule has 1 amide bonds. The smallest absolute Gasteiger partial charge is 0.242 e. The number of thioether (sulfide) groups is 1. The van der Waals surface area contributed by atoms with E-state index in [0.717, 1.165) is 23.1 Å². The predicted molar refractivity (Wildman–Crippen MR) is 118 cm³/mol. The number of amides is 1. The fourth-order valence-corrected chi connectivity index (χ4v) is 4.04. The van der Waals surface area contributed by atoms with Crippen molar-refractivity contribution < 1.29 is 14.3 Å². The van der Waals surface area contributed by atoms with Crippen molar-refractivity contribution in [1.82, 2.24) is 4.90 Å². The van der Waals surface area contributed by atoms with E-state index in [-0.39, 0.29) is 11.2 Å². The Balaban J connectivity index is 1.84. The average Bonchev–Trinajstić information content (AvgIpc) is 3.04. The molecule has 0 bridgehead atoms. The number of methoxy groups -OCH3 is 2. The number of hydrogen-bond donors (Lipinski definition) is 0. The summed E-state index contributed by atoms with van der Waals surface area (Å²) in [5.74, 6) is 1.43. The van der Waals surface area contributed by atoms with Crippen LogP contribution in [0.1, 0.15) is 30.0 Å². The quantitative estimate of drug-likeness (QED) is 0.505. The second-order valence-electron chi connectivity index (χ2n) is 6.60. The lowest BCUT2D eigenvalue weighted by molar-refractivity contribution is -0.126. The van der Waals surface area contributed by atoms with E-state index in [2.05, 4.69) is 10.2 Å². The number of benzene rings is 2. The summed E-state index contributed by atoms with van der Waals surface area (Å²) in [5, 5.41) is 9.09. The number of aryl methyl sites for hydroxylation is 1. The molecule has 1 heterocycles. The van der Waals surface area contributed by atoms with Gasteiger partial charge in [-0.25, -0.2) is 0 Å².